The highest BCUT2D eigenvalue weighted by Crippen LogP contribution is 2.05. The van der Waals surface area contributed by atoms with Crippen molar-refractivity contribution < 1.29 is 9.60 Å². The molecule has 0 atom stereocenters. The third kappa shape index (κ3) is 2.95. The Bertz CT molecular complexity index is 460. The van der Waals surface area contributed by atoms with Gasteiger partial charge in [0.05, 0.1) is 0 Å². The Morgan fingerprint density at radius 2 is 2.38 bits per heavy atom. The van der Waals surface area contributed by atoms with Gasteiger partial charge in [0.2, 0.25) is 0 Å². The molecule has 1 aromatic rings. The van der Waals surface area contributed by atoms with Gasteiger partial charge < -0.3 is 10.9 Å². The van der Waals surface area contributed by atoms with Gasteiger partial charge in [0, 0.05) is 6.42 Å². The lowest BCUT2D eigenvalue weighted by atomic mass is 10.2. The van der Waals surface area contributed by atoms with Gasteiger partial charge >= 0.3 is 0 Å². The summed E-state index contributed by atoms with van der Waals surface area (Å²) in [5.74, 6) is 4.64. The van der Waals surface area contributed by atoms with E-state index in [1.165, 1.54) is 12.1 Å². The Labute approximate surface area is 93.0 Å². The molecule has 5 heteroatoms. The molecule has 16 heavy (non-hydrogen) atoms. The van der Waals surface area contributed by atoms with Crippen LogP contribution in [0.4, 0.5) is 4.39 Å². The molecule has 0 amide bonds. The molecule has 0 aromatic carbocycles. The lowest BCUT2D eigenvalue weighted by Gasteiger charge is -1.99. The number of pyridine rings is 1. The highest BCUT2D eigenvalue weighted by molar-refractivity contribution is 5.95. The first-order valence-corrected chi connectivity index (χ1v) is 4.82. The summed E-state index contributed by atoms with van der Waals surface area (Å²) >= 11 is 0. The van der Waals surface area contributed by atoms with Gasteiger partial charge in [-0.15, -0.1) is 0 Å². The molecule has 4 nitrogen and oxygen atoms in total. The van der Waals surface area contributed by atoms with Crippen LogP contribution in [-0.2, 0) is 0 Å². The first kappa shape index (κ1) is 12.0. The van der Waals surface area contributed by atoms with Crippen molar-refractivity contribution in [3.05, 3.63) is 29.3 Å². The fourth-order valence-electron chi connectivity index (χ4n) is 1.02. The average Bonchev–Trinajstić information content (AvgIpc) is 2.30. The van der Waals surface area contributed by atoms with Gasteiger partial charge in [-0.2, -0.15) is 0 Å². The van der Waals surface area contributed by atoms with Crippen molar-refractivity contribution in [1.82, 2.24) is 4.98 Å². The summed E-state index contributed by atoms with van der Waals surface area (Å²) in [4.78, 5) is 3.85. The first-order valence-electron chi connectivity index (χ1n) is 4.82. The highest BCUT2D eigenvalue weighted by atomic mass is 19.1. The number of nitrogens with zero attached hydrogens (tertiary/aromatic N) is 2. The topological polar surface area (TPSA) is 71.5 Å². The van der Waals surface area contributed by atoms with Crippen LogP contribution in [0, 0.1) is 17.7 Å². The Morgan fingerprint density at radius 3 is 3.00 bits per heavy atom. The third-order valence-electron chi connectivity index (χ3n) is 1.79. The van der Waals surface area contributed by atoms with Crippen molar-refractivity contribution in [3.63, 3.8) is 0 Å². The van der Waals surface area contributed by atoms with Crippen molar-refractivity contribution in [1.29, 1.82) is 0 Å². The SMILES string of the molecule is CCCC#Cc1ccc(F)c(/C(N)=N/O)n1. The molecule has 1 heterocycles. The van der Waals surface area contributed by atoms with E-state index in [-0.39, 0.29) is 11.5 Å². The van der Waals surface area contributed by atoms with Gasteiger partial charge in [-0.05, 0) is 24.5 Å². The molecular weight excluding hydrogens is 209 g/mol. The summed E-state index contributed by atoms with van der Waals surface area (Å²) in [6.45, 7) is 2.01. The maximum absolute atomic E-state index is 13.2. The van der Waals surface area contributed by atoms with E-state index in [0.717, 1.165) is 12.8 Å². The summed E-state index contributed by atoms with van der Waals surface area (Å²) in [6, 6.07) is 2.64. The number of oxime groups is 1. The van der Waals surface area contributed by atoms with Gasteiger partial charge in [0.15, 0.2) is 11.7 Å². The molecule has 0 saturated carbocycles. The smallest absolute Gasteiger partial charge is 0.191 e. The normalized spacial score (nSPS) is 10.8. The molecule has 0 aliphatic rings. The molecule has 0 radical (unpaired) electrons. The molecule has 0 aliphatic carbocycles. The van der Waals surface area contributed by atoms with E-state index in [2.05, 4.69) is 22.0 Å². The predicted molar refractivity (Wildman–Crippen MR) is 58.5 cm³/mol. The predicted octanol–water partition coefficient (Wildman–Crippen LogP) is 1.47. The standard InChI is InChI=1S/C11H12FN3O/c1-2-3-4-5-8-6-7-9(12)10(14-8)11(13)15-16/h6-7,16H,2-3H2,1H3,(H2,13,15). The van der Waals surface area contributed by atoms with Gasteiger partial charge in [0.1, 0.15) is 11.4 Å². The quantitative estimate of drug-likeness (QED) is 0.261. The second kappa shape index (κ2) is 5.71. The molecule has 0 spiro atoms. The van der Waals surface area contributed by atoms with Crippen LogP contribution in [0.2, 0.25) is 0 Å². The van der Waals surface area contributed by atoms with Crippen LogP contribution in [0.1, 0.15) is 31.2 Å². The van der Waals surface area contributed by atoms with Crippen molar-refractivity contribution in [2.45, 2.75) is 19.8 Å². The zero-order chi connectivity index (χ0) is 12.0. The second-order valence-corrected chi connectivity index (χ2v) is 3.06. The Hall–Kier alpha value is -2.09. The number of halogens is 1. The maximum Gasteiger partial charge on any atom is 0.191 e. The summed E-state index contributed by atoms with van der Waals surface area (Å²) in [7, 11) is 0. The van der Waals surface area contributed by atoms with E-state index < -0.39 is 5.82 Å². The van der Waals surface area contributed by atoms with Crippen LogP contribution in [0.3, 0.4) is 0 Å². The van der Waals surface area contributed by atoms with Crippen LogP contribution in [0.25, 0.3) is 0 Å². The zero-order valence-corrected chi connectivity index (χ0v) is 8.87. The molecule has 3 N–H and O–H groups in total. The van der Waals surface area contributed by atoms with E-state index in [1.54, 1.807) is 0 Å². The van der Waals surface area contributed by atoms with Crippen LogP contribution in [0.5, 0.6) is 0 Å². The third-order valence-corrected chi connectivity index (χ3v) is 1.79. The number of rotatable bonds is 2. The van der Waals surface area contributed by atoms with Crippen molar-refractivity contribution >= 4 is 5.84 Å². The number of unbranched alkanes of at least 4 members (excludes halogenated alkanes) is 1. The largest absolute Gasteiger partial charge is 0.409 e. The van der Waals surface area contributed by atoms with E-state index in [1.807, 2.05) is 6.92 Å². The molecule has 0 bridgehead atoms. The van der Waals surface area contributed by atoms with Crippen LogP contribution >= 0.6 is 0 Å². The lowest BCUT2D eigenvalue weighted by molar-refractivity contribution is 0.318. The second-order valence-electron chi connectivity index (χ2n) is 3.06. The van der Waals surface area contributed by atoms with Crippen molar-refractivity contribution in [2.24, 2.45) is 10.9 Å². The molecule has 0 saturated heterocycles. The monoisotopic (exact) mass is 221 g/mol. The zero-order valence-electron chi connectivity index (χ0n) is 8.87. The first-order chi connectivity index (χ1) is 7.69. The van der Waals surface area contributed by atoms with Crippen LogP contribution in [0.15, 0.2) is 17.3 Å². The average molecular weight is 221 g/mol. The van der Waals surface area contributed by atoms with Crippen molar-refractivity contribution in [3.8, 4) is 11.8 Å². The highest BCUT2D eigenvalue weighted by Gasteiger charge is 2.08. The Balaban J connectivity index is 3.04. The van der Waals surface area contributed by atoms with Gasteiger partial charge in [0.25, 0.3) is 0 Å². The minimum atomic E-state index is -0.642. The van der Waals surface area contributed by atoms with Crippen molar-refractivity contribution in [2.75, 3.05) is 0 Å². The van der Waals surface area contributed by atoms with Gasteiger partial charge in [-0.1, -0.05) is 18.0 Å². The fourth-order valence-corrected chi connectivity index (χ4v) is 1.02. The Morgan fingerprint density at radius 1 is 1.62 bits per heavy atom. The molecule has 1 aromatic heterocycles. The summed E-state index contributed by atoms with van der Waals surface area (Å²) in [6.07, 6.45) is 1.69. The van der Waals surface area contributed by atoms with Gasteiger partial charge in [-0.25, -0.2) is 9.37 Å². The van der Waals surface area contributed by atoms with E-state index >= 15 is 0 Å². The number of amidine groups is 1. The number of nitrogens with two attached hydrogens (primary N) is 1. The Kier molecular flexibility index (Phi) is 4.28. The van der Waals surface area contributed by atoms with Crippen LogP contribution in [-0.4, -0.2) is 16.0 Å². The maximum atomic E-state index is 13.2. The molecule has 1 rings (SSSR count). The number of hydrogen-bond acceptors (Lipinski definition) is 3. The molecule has 0 aliphatic heterocycles. The molecule has 84 valence electrons. The fraction of sp³-hybridized carbons (Fsp3) is 0.273. The van der Waals surface area contributed by atoms with Gasteiger partial charge in [-0.3, -0.25) is 0 Å². The minimum Gasteiger partial charge on any atom is -0.409 e. The summed E-state index contributed by atoms with van der Waals surface area (Å²) < 4.78 is 13.2. The number of aromatic nitrogens is 1. The molecule has 0 fully saturated rings. The minimum absolute atomic E-state index is 0.189. The summed E-state index contributed by atoms with van der Waals surface area (Å²) in [5, 5.41) is 11.1. The van der Waals surface area contributed by atoms with E-state index in [9.17, 15) is 4.39 Å². The molecule has 0 unspecified atom stereocenters. The van der Waals surface area contributed by atoms with E-state index in [0.29, 0.717) is 5.69 Å². The molecular formula is C11H12FN3O. The van der Waals surface area contributed by atoms with Crippen LogP contribution < -0.4 is 5.73 Å². The summed E-state index contributed by atoms with van der Waals surface area (Å²) in [5.41, 5.74) is 5.48. The number of hydrogen-bond donors (Lipinski definition) is 2. The van der Waals surface area contributed by atoms with E-state index in [4.69, 9.17) is 10.9 Å². The lowest BCUT2D eigenvalue weighted by Crippen LogP contribution is -2.17.